The first-order valence-corrected chi connectivity index (χ1v) is 7.18. The standard InChI is InChI=1S/C15H24N2O2/c1-13-5-7-15(19,8-6-13)12-16-9-11-17-10-3-2-4-14(17)18/h2-4,10,13,16,19H,5-9,11-12H2,1H3. The van der Waals surface area contributed by atoms with Crippen molar-refractivity contribution in [1.82, 2.24) is 9.88 Å². The van der Waals surface area contributed by atoms with Crippen molar-refractivity contribution < 1.29 is 5.11 Å². The van der Waals surface area contributed by atoms with Gasteiger partial charge in [0.25, 0.3) is 5.56 Å². The molecule has 0 aliphatic heterocycles. The third-order valence-electron chi connectivity index (χ3n) is 4.09. The van der Waals surface area contributed by atoms with Gasteiger partial charge in [-0.25, -0.2) is 0 Å². The topological polar surface area (TPSA) is 54.3 Å². The van der Waals surface area contributed by atoms with Gasteiger partial charge < -0.3 is 15.0 Å². The SMILES string of the molecule is CC1CCC(O)(CNCCn2ccccc2=O)CC1. The van der Waals surface area contributed by atoms with Gasteiger partial charge in [0.15, 0.2) is 0 Å². The fourth-order valence-corrected chi connectivity index (χ4v) is 2.64. The Labute approximate surface area is 114 Å². The van der Waals surface area contributed by atoms with Crippen LogP contribution in [-0.2, 0) is 6.54 Å². The number of pyridine rings is 1. The van der Waals surface area contributed by atoms with Gasteiger partial charge in [-0.2, -0.15) is 0 Å². The number of aliphatic hydroxyl groups is 1. The molecule has 4 heteroatoms. The zero-order chi connectivity index (χ0) is 13.7. The minimum absolute atomic E-state index is 0.0227. The van der Waals surface area contributed by atoms with E-state index < -0.39 is 5.60 Å². The second kappa shape index (κ2) is 6.35. The van der Waals surface area contributed by atoms with E-state index in [2.05, 4.69) is 12.2 Å². The molecular weight excluding hydrogens is 240 g/mol. The molecule has 0 radical (unpaired) electrons. The Morgan fingerprint density at radius 2 is 2.16 bits per heavy atom. The van der Waals surface area contributed by atoms with E-state index in [0.717, 1.165) is 31.6 Å². The summed E-state index contributed by atoms with van der Waals surface area (Å²) in [6, 6.07) is 5.17. The highest BCUT2D eigenvalue weighted by Gasteiger charge is 2.31. The Morgan fingerprint density at radius 1 is 1.42 bits per heavy atom. The average molecular weight is 264 g/mol. The van der Waals surface area contributed by atoms with Crippen molar-refractivity contribution in [2.75, 3.05) is 13.1 Å². The highest BCUT2D eigenvalue weighted by atomic mass is 16.3. The summed E-state index contributed by atoms with van der Waals surface area (Å²) in [4.78, 5) is 11.5. The molecule has 1 aromatic rings. The van der Waals surface area contributed by atoms with E-state index in [1.165, 1.54) is 0 Å². The van der Waals surface area contributed by atoms with E-state index in [1.807, 2.05) is 6.07 Å². The van der Waals surface area contributed by atoms with Crippen LogP contribution >= 0.6 is 0 Å². The Hall–Kier alpha value is -1.13. The fraction of sp³-hybridized carbons (Fsp3) is 0.667. The summed E-state index contributed by atoms with van der Waals surface area (Å²) in [7, 11) is 0. The first-order chi connectivity index (χ1) is 9.09. The molecule has 106 valence electrons. The zero-order valence-corrected chi connectivity index (χ0v) is 11.6. The van der Waals surface area contributed by atoms with Crippen LogP contribution in [0.3, 0.4) is 0 Å². The lowest BCUT2D eigenvalue weighted by molar-refractivity contribution is -0.00604. The highest BCUT2D eigenvalue weighted by molar-refractivity contribution is 4.93. The lowest BCUT2D eigenvalue weighted by Crippen LogP contribution is -2.44. The van der Waals surface area contributed by atoms with Crippen molar-refractivity contribution in [3.05, 3.63) is 34.7 Å². The Bertz CT molecular complexity index is 447. The van der Waals surface area contributed by atoms with Crippen LogP contribution in [0.1, 0.15) is 32.6 Å². The van der Waals surface area contributed by atoms with Crippen molar-refractivity contribution in [2.24, 2.45) is 5.92 Å². The molecule has 0 unspecified atom stereocenters. The fourth-order valence-electron chi connectivity index (χ4n) is 2.64. The molecule has 4 nitrogen and oxygen atoms in total. The van der Waals surface area contributed by atoms with Gasteiger partial charge in [0.1, 0.15) is 0 Å². The molecule has 2 rings (SSSR count). The van der Waals surface area contributed by atoms with Crippen LogP contribution in [0.25, 0.3) is 0 Å². The van der Waals surface area contributed by atoms with Crippen LogP contribution in [-0.4, -0.2) is 28.4 Å². The van der Waals surface area contributed by atoms with Crippen LogP contribution in [0.4, 0.5) is 0 Å². The molecule has 19 heavy (non-hydrogen) atoms. The summed E-state index contributed by atoms with van der Waals surface area (Å²) in [5, 5.41) is 13.7. The van der Waals surface area contributed by atoms with Crippen LogP contribution < -0.4 is 10.9 Å². The van der Waals surface area contributed by atoms with Crippen molar-refractivity contribution in [3.63, 3.8) is 0 Å². The van der Waals surface area contributed by atoms with Crippen molar-refractivity contribution in [3.8, 4) is 0 Å². The normalized spacial score (nSPS) is 27.4. The van der Waals surface area contributed by atoms with Gasteiger partial charge in [0, 0.05) is 31.9 Å². The maximum atomic E-state index is 11.5. The Balaban J connectivity index is 1.72. The molecule has 0 atom stereocenters. The van der Waals surface area contributed by atoms with Gasteiger partial charge in [0.05, 0.1) is 5.60 Å². The summed E-state index contributed by atoms with van der Waals surface area (Å²) in [6.45, 7) is 4.23. The van der Waals surface area contributed by atoms with Gasteiger partial charge >= 0.3 is 0 Å². The molecule has 1 heterocycles. The summed E-state index contributed by atoms with van der Waals surface area (Å²) in [5.41, 5.74) is -0.525. The van der Waals surface area contributed by atoms with Crippen LogP contribution in [0, 0.1) is 5.92 Å². The van der Waals surface area contributed by atoms with Gasteiger partial charge in [-0.15, -0.1) is 0 Å². The third kappa shape index (κ3) is 4.18. The molecule has 0 amide bonds. The molecule has 0 bridgehead atoms. The molecular formula is C15H24N2O2. The quantitative estimate of drug-likeness (QED) is 0.790. The minimum Gasteiger partial charge on any atom is -0.389 e. The lowest BCUT2D eigenvalue weighted by atomic mass is 9.79. The first-order valence-electron chi connectivity index (χ1n) is 7.18. The van der Waals surface area contributed by atoms with Gasteiger partial charge in [-0.1, -0.05) is 13.0 Å². The smallest absolute Gasteiger partial charge is 0.250 e. The predicted octanol–water partition coefficient (Wildman–Crippen LogP) is 1.38. The number of nitrogens with zero attached hydrogens (tertiary/aromatic N) is 1. The van der Waals surface area contributed by atoms with E-state index in [4.69, 9.17) is 0 Å². The van der Waals surface area contributed by atoms with Crippen LogP contribution in [0.2, 0.25) is 0 Å². The third-order valence-corrected chi connectivity index (χ3v) is 4.09. The maximum absolute atomic E-state index is 11.5. The summed E-state index contributed by atoms with van der Waals surface area (Å²) in [5.74, 6) is 0.739. The molecule has 1 aromatic heterocycles. The molecule has 1 aliphatic rings. The monoisotopic (exact) mass is 264 g/mol. The summed E-state index contributed by atoms with van der Waals surface area (Å²) < 4.78 is 1.68. The van der Waals surface area contributed by atoms with Crippen molar-refractivity contribution in [2.45, 2.75) is 44.8 Å². The Morgan fingerprint density at radius 3 is 2.84 bits per heavy atom. The van der Waals surface area contributed by atoms with E-state index >= 15 is 0 Å². The number of hydrogen-bond donors (Lipinski definition) is 2. The molecule has 1 fully saturated rings. The number of rotatable bonds is 5. The van der Waals surface area contributed by atoms with E-state index in [0.29, 0.717) is 19.6 Å². The Kier molecular flexibility index (Phi) is 4.77. The average Bonchev–Trinajstić information content (AvgIpc) is 2.41. The molecule has 1 aliphatic carbocycles. The van der Waals surface area contributed by atoms with E-state index in [1.54, 1.807) is 22.9 Å². The van der Waals surface area contributed by atoms with Crippen molar-refractivity contribution >= 4 is 0 Å². The summed E-state index contributed by atoms with van der Waals surface area (Å²) in [6.07, 6.45) is 5.77. The number of hydrogen-bond acceptors (Lipinski definition) is 3. The predicted molar refractivity (Wildman–Crippen MR) is 76.2 cm³/mol. The van der Waals surface area contributed by atoms with Crippen LogP contribution in [0.15, 0.2) is 29.2 Å². The largest absolute Gasteiger partial charge is 0.389 e. The second-order valence-corrected chi connectivity index (χ2v) is 5.82. The maximum Gasteiger partial charge on any atom is 0.250 e. The molecule has 0 aromatic carbocycles. The first kappa shape index (κ1) is 14.3. The molecule has 0 spiro atoms. The minimum atomic E-state index is -0.547. The lowest BCUT2D eigenvalue weighted by Gasteiger charge is -2.35. The van der Waals surface area contributed by atoms with Gasteiger partial charge in [-0.05, 0) is 37.7 Å². The van der Waals surface area contributed by atoms with Gasteiger partial charge in [-0.3, -0.25) is 4.79 Å². The van der Waals surface area contributed by atoms with E-state index in [-0.39, 0.29) is 5.56 Å². The molecule has 1 saturated carbocycles. The van der Waals surface area contributed by atoms with Crippen LogP contribution in [0.5, 0.6) is 0 Å². The van der Waals surface area contributed by atoms with E-state index in [9.17, 15) is 9.90 Å². The highest BCUT2D eigenvalue weighted by Crippen LogP contribution is 2.31. The molecule has 2 N–H and O–H groups in total. The summed E-state index contributed by atoms with van der Waals surface area (Å²) >= 11 is 0. The number of nitrogens with one attached hydrogen (secondary N) is 1. The number of aromatic nitrogens is 1. The van der Waals surface area contributed by atoms with Gasteiger partial charge in [0.2, 0.25) is 0 Å². The van der Waals surface area contributed by atoms with Crippen molar-refractivity contribution in [1.29, 1.82) is 0 Å². The molecule has 0 saturated heterocycles. The zero-order valence-electron chi connectivity index (χ0n) is 11.6. The second-order valence-electron chi connectivity index (χ2n) is 5.82.